The first-order chi connectivity index (χ1) is 9.08. The first-order valence-electron chi connectivity index (χ1n) is 6.77. The van der Waals surface area contributed by atoms with Gasteiger partial charge in [-0.1, -0.05) is 24.3 Å². The van der Waals surface area contributed by atoms with Crippen molar-refractivity contribution in [3.8, 4) is 0 Å². The average Bonchev–Trinajstić information content (AvgIpc) is 2.80. The molecule has 19 heavy (non-hydrogen) atoms. The Hall–Kier alpha value is -1.84. The number of fused-ring (bicyclic) bond motifs is 1. The highest BCUT2D eigenvalue weighted by Crippen LogP contribution is 2.28. The van der Waals surface area contributed by atoms with Crippen molar-refractivity contribution in [1.29, 1.82) is 0 Å². The lowest BCUT2D eigenvalue weighted by atomic mass is 10.0. The van der Waals surface area contributed by atoms with Gasteiger partial charge in [-0.2, -0.15) is 0 Å². The van der Waals surface area contributed by atoms with Crippen molar-refractivity contribution in [3.63, 3.8) is 0 Å². The molecule has 3 rings (SSSR count). The van der Waals surface area contributed by atoms with E-state index in [-0.39, 0.29) is 23.9 Å². The summed E-state index contributed by atoms with van der Waals surface area (Å²) in [4.78, 5) is 26.0. The molecule has 0 aromatic heterocycles. The third kappa shape index (κ3) is 1.91. The van der Waals surface area contributed by atoms with Crippen LogP contribution in [-0.4, -0.2) is 34.8 Å². The lowest BCUT2D eigenvalue weighted by Crippen LogP contribution is -2.64. The molecule has 2 unspecified atom stereocenters. The topological polar surface area (TPSA) is 49.4 Å². The SMILES string of the molecule is CC1NC(=O)C(C)N(C2Cc3ccccc3C2)C1=O. The number of hydrogen-bond donors (Lipinski definition) is 1. The van der Waals surface area contributed by atoms with Crippen LogP contribution in [0.5, 0.6) is 0 Å². The van der Waals surface area contributed by atoms with E-state index in [0.29, 0.717) is 0 Å². The van der Waals surface area contributed by atoms with Crippen molar-refractivity contribution in [3.05, 3.63) is 35.4 Å². The van der Waals surface area contributed by atoms with Gasteiger partial charge in [0.05, 0.1) is 0 Å². The summed E-state index contributed by atoms with van der Waals surface area (Å²) in [6.07, 6.45) is 1.71. The lowest BCUT2D eigenvalue weighted by molar-refractivity contribution is -0.150. The third-order valence-corrected chi connectivity index (χ3v) is 4.20. The minimum atomic E-state index is -0.410. The number of carbonyl (C=O) groups is 2. The van der Waals surface area contributed by atoms with Gasteiger partial charge in [-0.15, -0.1) is 0 Å². The van der Waals surface area contributed by atoms with E-state index in [1.807, 2.05) is 19.1 Å². The predicted molar refractivity (Wildman–Crippen MR) is 71.6 cm³/mol. The van der Waals surface area contributed by atoms with Gasteiger partial charge in [0.2, 0.25) is 11.8 Å². The summed E-state index contributed by atoms with van der Waals surface area (Å²) in [6.45, 7) is 3.56. The van der Waals surface area contributed by atoms with Gasteiger partial charge >= 0.3 is 0 Å². The summed E-state index contributed by atoms with van der Waals surface area (Å²) >= 11 is 0. The molecule has 1 aliphatic heterocycles. The molecule has 1 heterocycles. The van der Waals surface area contributed by atoms with Crippen molar-refractivity contribution in [2.24, 2.45) is 0 Å². The molecule has 0 spiro atoms. The normalized spacial score (nSPS) is 27.4. The summed E-state index contributed by atoms with van der Waals surface area (Å²) in [6, 6.07) is 7.61. The number of carbonyl (C=O) groups excluding carboxylic acids is 2. The number of rotatable bonds is 1. The van der Waals surface area contributed by atoms with Crippen LogP contribution in [0.3, 0.4) is 0 Å². The molecule has 2 amide bonds. The molecule has 1 N–H and O–H groups in total. The van der Waals surface area contributed by atoms with E-state index in [1.54, 1.807) is 11.8 Å². The van der Waals surface area contributed by atoms with Gasteiger partial charge in [-0.3, -0.25) is 9.59 Å². The van der Waals surface area contributed by atoms with Crippen LogP contribution in [-0.2, 0) is 22.4 Å². The second-order valence-electron chi connectivity index (χ2n) is 5.48. The van der Waals surface area contributed by atoms with Crippen LogP contribution in [0.4, 0.5) is 0 Å². The minimum Gasteiger partial charge on any atom is -0.343 e. The number of hydrogen-bond acceptors (Lipinski definition) is 2. The Labute approximate surface area is 112 Å². The maximum absolute atomic E-state index is 12.3. The van der Waals surface area contributed by atoms with Crippen LogP contribution >= 0.6 is 0 Å². The predicted octanol–water partition coefficient (Wildman–Crippen LogP) is 0.889. The molecule has 4 nitrogen and oxygen atoms in total. The molecule has 1 fully saturated rings. The molecular formula is C15H18N2O2. The monoisotopic (exact) mass is 258 g/mol. The molecule has 100 valence electrons. The first kappa shape index (κ1) is 12.2. The van der Waals surface area contributed by atoms with E-state index in [9.17, 15) is 9.59 Å². The Balaban J connectivity index is 1.87. The van der Waals surface area contributed by atoms with Gasteiger partial charge in [0, 0.05) is 6.04 Å². The number of benzene rings is 1. The van der Waals surface area contributed by atoms with Crippen molar-refractivity contribution < 1.29 is 9.59 Å². The smallest absolute Gasteiger partial charge is 0.245 e. The minimum absolute atomic E-state index is 0.0323. The Morgan fingerprint density at radius 3 is 2.26 bits per heavy atom. The third-order valence-electron chi connectivity index (χ3n) is 4.20. The van der Waals surface area contributed by atoms with Gasteiger partial charge < -0.3 is 10.2 Å². The fourth-order valence-electron chi connectivity index (χ4n) is 3.17. The van der Waals surface area contributed by atoms with Crippen molar-refractivity contribution in [2.75, 3.05) is 0 Å². The molecule has 0 saturated carbocycles. The number of nitrogens with zero attached hydrogens (tertiary/aromatic N) is 1. The molecule has 2 atom stereocenters. The van der Waals surface area contributed by atoms with Crippen molar-refractivity contribution >= 4 is 11.8 Å². The van der Waals surface area contributed by atoms with Crippen LogP contribution in [0.1, 0.15) is 25.0 Å². The number of piperazine rings is 1. The van der Waals surface area contributed by atoms with E-state index >= 15 is 0 Å². The van der Waals surface area contributed by atoms with E-state index in [0.717, 1.165) is 12.8 Å². The Morgan fingerprint density at radius 1 is 1.11 bits per heavy atom. The van der Waals surface area contributed by atoms with Gasteiger partial charge in [-0.25, -0.2) is 0 Å². The Bertz CT molecular complexity index is 516. The van der Waals surface area contributed by atoms with Gasteiger partial charge in [-0.05, 0) is 37.8 Å². The molecule has 1 aliphatic carbocycles. The second kappa shape index (κ2) is 4.37. The average molecular weight is 258 g/mol. The van der Waals surface area contributed by atoms with E-state index < -0.39 is 6.04 Å². The highest BCUT2D eigenvalue weighted by atomic mass is 16.2. The van der Waals surface area contributed by atoms with E-state index in [1.165, 1.54) is 11.1 Å². The zero-order valence-electron chi connectivity index (χ0n) is 11.2. The van der Waals surface area contributed by atoms with Crippen LogP contribution < -0.4 is 5.32 Å². The molecule has 0 radical (unpaired) electrons. The summed E-state index contributed by atoms with van der Waals surface area (Å²) in [7, 11) is 0. The molecule has 0 bridgehead atoms. The van der Waals surface area contributed by atoms with Gasteiger partial charge in [0.15, 0.2) is 0 Å². The number of nitrogens with one attached hydrogen (secondary N) is 1. The van der Waals surface area contributed by atoms with Crippen molar-refractivity contribution in [1.82, 2.24) is 10.2 Å². The lowest BCUT2D eigenvalue weighted by Gasteiger charge is -2.40. The summed E-state index contributed by atoms with van der Waals surface area (Å²) < 4.78 is 0. The maximum atomic E-state index is 12.3. The standard InChI is InChI=1S/C15H18N2O2/c1-9-15(19)17(10(2)14(18)16-9)13-7-11-5-3-4-6-12(11)8-13/h3-6,9-10,13H,7-8H2,1-2H3,(H,16,18). The quantitative estimate of drug-likeness (QED) is 0.813. The van der Waals surface area contributed by atoms with E-state index in [4.69, 9.17) is 0 Å². The van der Waals surface area contributed by atoms with Crippen LogP contribution in [0, 0.1) is 0 Å². The Morgan fingerprint density at radius 2 is 1.68 bits per heavy atom. The molecule has 1 saturated heterocycles. The van der Waals surface area contributed by atoms with E-state index in [2.05, 4.69) is 17.4 Å². The molecular weight excluding hydrogens is 240 g/mol. The highest BCUT2D eigenvalue weighted by molar-refractivity contribution is 5.96. The Kier molecular flexibility index (Phi) is 2.81. The van der Waals surface area contributed by atoms with Gasteiger partial charge in [0.1, 0.15) is 12.1 Å². The largest absolute Gasteiger partial charge is 0.343 e. The van der Waals surface area contributed by atoms with Crippen LogP contribution in [0.25, 0.3) is 0 Å². The molecule has 2 aliphatic rings. The summed E-state index contributed by atoms with van der Waals surface area (Å²) in [5.41, 5.74) is 2.59. The first-order valence-corrected chi connectivity index (χ1v) is 6.77. The highest BCUT2D eigenvalue weighted by Gasteiger charge is 2.41. The molecule has 1 aromatic carbocycles. The molecule has 4 heteroatoms. The van der Waals surface area contributed by atoms with Gasteiger partial charge in [0.25, 0.3) is 0 Å². The zero-order chi connectivity index (χ0) is 13.6. The number of amides is 2. The molecule has 1 aromatic rings. The summed E-state index contributed by atoms with van der Waals surface area (Å²) in [5.74, 6) is -0.0204. The second-order valence-corrected chi connectivity index (χ2v) is 5.48. The van der Waals surface area contributed by atoms with Crippen LogP contribution in [0.15, 0.2) is 24.3 Å². The maximum Gasteiger partial charge on any atom is 0.245 e. The fourth-order valence-corrected chi connectivity index (χ4v) is 3.17. The van der Waals surface area contributed by atoms with Crippen molar-refractivity contribution in [2.45, 2.75) is 44.8 Å². The van der Waals surface area contributed by atoms with Crippen LogP contribution in [0.2, 0.25) is 0 Å². The summed E-state index contributed by atoms with van der Waals surface area (Å²) in [5, 5.41) is 2.72. The zero-order valence-corrected chi connectivity index (χ0v) is 11.2. The fraction of sp³-hybridized carbons (Fsp3) is 0.467.